The van der Waals surface area contributed by atoms with Crippen LogP contribution in [0.3, 0.4) is 0 Å². The van der Waals surface area contributed by atoms with Crippen molar-refractivity contribution in [3.8, 4) is 5.82 Å². The maximum absolute atomic E-state index is 4.46. The molecule has 3 rings (SSSR count). The first-order valence-electron chi connectivity index (χ1n) is 6.83. The molecule has 0 aliphatic rings. The van der Waals surface area contributed by atoms with E-state index in [2.05, 4.69) is 20.4 Å². The molecule has 3 heterocycles. The number of nitrogens with zero attached hydrogens (tertiary/aromatic N) is 5. The number of nitrogens with one attached hydrogen (secondary N) is 1. The summed E-state index contributed by atoms with van der Waals surface area (Å²) in [5.74, 6) is 1.77. The van der Waals surface area contributed by atoms with Crippen molar-refractivity contribution >= 4 is 5.69 Å². The number of anilines is 1. The van der Waals surface area contributed by atoms with E-state index in [9.17, 15) is 0 Å². The van der Waals surface area contributed by atoms with Crippen LogP contribution in [0.4, 0.5) is 5.69 Å². The van der Waals surface area contributed by atoms with Crippen molar-refractivity contribution < 1.29 is 0 Å². The molecular formula is C15H18N6. The molecule has 0 atom stereocenters. The molecule has 6 nitrogen and oxygen atoms in total. The standard InChI is InChI=1S/C15H18N6/c1-11-13(10-20(3)19-11)9-18-14-5-4-6-17-15(14)21-8-7-16-12(21)2/h4-8,10,18H,9H2,1-3H3. The molecule has 0 aromatic carbocycles. The van der Waals surface area contributed by atoms with E-state index < -0.39 is 0 Å². The number of pyridine rings is 1. The lowest BCUT2D eigenvalue weighted by Crippen LogP contribution is -2.07. The van der Waals surface area contributed by atoms with E-state index in [4.69, 9.17) is 0 Å². The Morgan fingerprint density at radius 3 is 2.71 bits per heavy atom. The Morgan fingerprint density at radius 1 is 1.19 bits per heavy atom. The number of hydrogen-bond donors (Lipinski definition) is 1. The van der Waals surface area contributed by atoms with Crippen molar-refractivity contribution in [1.29, 1.82) is 0 Å². The Kier molecular flexibility index (Phi) is 3.43. The fourth-order valence-corrected chi connectivity index (χ4v) is 2.34. The third-order valence-electron chi connectivity index (χ3n) is 3.43. The van der Waals surface area contributed by atoms with Crippen molar-refractivity contribution in [1.82, 2.24) is 24.3 Å². The van der Waals surface area contributed by atoms with Gasteiger partial charge in [0, 0.05) is 43.9 Å². The molecule has 0 aliphatic heterocycles. The largest absolute Gasteiger partial charge is 0.378 e. The Bertz CT molecular complexity index is 755. The maximum Gasteiger partial charge on any atom is 0.161 e. The SMILES string of the molecule is Cc1nn(C)cc1CNc1cccnc1-n1ccnc1C. The Balaban J connectivity index is 1.86. The molecule has 108 valence electrons. The summed E-state index contributed by atoms with van der Waals surface area (Å²) in [6.07, 6.45) is 7.51. The molecule has 21 heavy (non-hydrogen) atoms. The predicted octanol–water partition coefficient (Wildman–Crippen LogP) is 2.23. The van der Waals surface area contributed by atoms with Crippen LogP contribution in [0.25, 0.3) is 5.82 Å². The van der Waals surface area contributed by atoms with Gasteiger partial charge in [-0.1, -0.05) is 0 Å². The van der Waals surface area contributed by atoms with Gasteiger partial charge in [0.15, 0.2) is 5.82 Å². The number of rotatable bonds is 4. The monoisotopic (exact) mass is 282 g/mol. The molecule has 3 aromatic heterocycles. The van der Waals surface area contributed by atoms with Crippen LogP contribution in [0.1, 0.15) is 17.1 Å². The van der Waals surface area contributed by atoms with E-state index in [1.807, 2.05) is 54.7 Å². The van der Waals surface area contributed by atoms with Crippen LogP contribution in [0.15, 0.2) is 36.9 Å². The number of hydrogen-bond acceptors (Lipinski definition) is 4. The quantitative estimate of drug-likeness (QED) is 0.797. The number of imidazole rings is 1. The van der Waals surface area contributed by atoms with E-state index in [-0.39, 0.29) is 0 Å². The molecular weight excluding hydrogens is 264 g/mol. The molecule has 0 spiro atoms. The summed E-state index contributed by atoms with van der Waals surface area (Å²) in [6.45, 7) is 4.69. The van der Waals surface area contributed by atoms with Gasteiger partial charge in [0.25, 0.3) is 0 Å². The molecule has 6 heteroatoms. The Hall–Kier alpha value is -2.63. The van der Waals surface area contributed by atoms with E-state index in [1.54, 1.807) is 12.4 Å². The van der Waals surface area contributed by atoms with Gasteiger partial charge in [-0.2, -0.15) is 5.10 Å². The maximum atomic E-state index is 4.46. The second-order valence-corrected chi connectivity index (χ2v) is 4.99. The third kappa shape index (κ3) is 2.65. The topological polar surface area (TPSA) is 60.6 Å². The highest BCUT2D eigenvalue weighted by Gasteiger charge is 2.09. The Labute approximate surface area is 123 Å². The molecule has 1 N–H and O–H groups in total. The minimum Gasteiger partial charge on any atom is -0.378 e. The first-order valence-corrected chi connectivity index (χ1v) is 6.83. The van der Waals surface area contributed by atoms with Crippen LogP contribution in [0.2, 0.25) is 0 Å². The molecule has 0 bridgehead atoms. The smallest absolute Gasteiger partial charge is 0.161 e. The number of aryl methyl sites for hydroxylation is 3. The van der Waals surface area contributed by atoms with Crippen molar-refractivity contribution in [3.63, 3.8) is 0 Å². The van der Waals surface area contributed by atoms with Gasteiger partial charge in [0.05, 0.1) is 11.4 Å². The average Bonchev–Trinajstić information content (AvgIpc) is 3.02. The first-order chi connectivity index (χ1) is 10.1. The predicted molar refractivity (Wildman–Crippen MR) is 81.4 cm³/mol. The van der Waals surface area contributed by atoms with Gasteiger partial charge in [-0.15, -0.1) is 0 Å². The summed E-state index contributed by atoms with van der Waals surface area (Å²) in [5.41, 5.74) is 3.19. The highest BCUT2D eigenvalue weighted by Crippen LogP contribution is 2.19. The zero-order valence-corrected chi connectivity index (χ0v) is 12.4. The van der Waals surface area contributed by atoms with E-state index in [0.717, 1.165) is 23.0 Å². The van der Waals surface area contributed by atoms with Gasteiger partial charge in [-0.25, -0.2) is 9.97 Å². The van der Waals surface area contributed by atoms with Crippen molar-refractivity contribution in [2.45, 2.75) is 20.4 Å². The lowest BCUT2D eigenvalue weighted by Gasteiger charge is -2.12. The van der Waals surface area contributed by atoms with Crippen LogP contribution in [0, 0.1) is 13.8 Å². The molecule has 3 aromatic rings. The summed E-state index contributed by atoms with van der Waals surface area (Å²) >= 11 is 0. The molecule has 0 saturated carbocycles. The molecule has 0 amide bonds. The van der Waals surface area contributed by atoms with Crippen LogP contribution in [-0.2, 0) is 13.6 Å². The van der Waals surface area contributed by atoms with Gasteiger partial charge in [-0.05, 0) is 26.0 Å². The average molecular weight is 282 g/mol. The summed E-state index contributed by atoms with van der Waals surface area (Å²) in [7, 11) is 1.93. The summed E-state index contributed by atoms with van der Waals surface area (Å²) in [4.78, 5) is 8.71. The highest BCUT2D eigenvalue weighted by atomic mass is 15.3. The number of aromatic nitrogens is 5. The second kappa shape index (κ2) is 5.40. The van der Waals surface area contributed by atoms with Gasteiger partial charge in [-0.3, -0.25) is 9.25 Å². The summed E-state index contributed by atoms with van der Waals surface area (Å²) < 4.78 is 3.80. The van der Waals surface area contributed by atoms with Crippen LogP contribution in [0.5, 0.6) is 0 Å². The Morgan fingerprint density at radius 2 is 2.05 bits per heavy atom. The molecule has 0 radical (unpaired) electrons. The first kappa shape index (κ1) is 13.4. The minimum atomic E-state index is 0.714. The third-order valence-corrected chi connectivity index (χ3v) is 3.43. The molecule has 0 fully saturated rings. The van der Waals surface area contributed by atoms with E-state index in [1.165, 1.54) is 5.56 Å². The van der Waals surface area contributed by atoms with E-state index in [0.29, 0.717) is 6.54 Å². The lowest BCUT2D eigenvalue weighted by molar-refractivity contribution is 0.756. The summed E-state index contributed by atoms with van der Waals surface area (Å²) in [6, 6.07) is 3.95. The van der Waals surface area contributed by atoms with Crippen LogP contribution >= 0.6 is 0 Å². The molecule has 0 aliphatic carbocycles. The summed E-state index contributed by atoms with van der Waals surface area (Å²) in [5, 5.41) is 7.79. The van der Waals surface area contributed by atoms with Crippen LogP contribution in [-0.4, -0.2) is 24.3 Å². The normalized spacial score (nSPS) is 10.8. The van der Waals surface area contributed by atoms with Crippen molar-refractivity contribution in [2.24, 2.45) is 7.05 Å². The van der Waals surface area contributed by atoms with Gasteiger partial charge >= 0.3 is 0 Å². The van der Waals surface area contributed by atoms with Gasteiger partial charge in [0.2, 0.25) is 0 Å². The van der Waals surface area contributed by atoms with Crippen molar-refractivity contribution in [2.75, 3.05) is 5.32 Å². The second-order valence-electron chi connectivity index (χ2n) is 4.99. The lowest BCUT2D eigenvalue weighted by atomic mass is 10.2. The highest BCUT2D eigenvalue weighted by molar-refractivity contribution is 5.57. The molecule has 0 unspecified atom stereocenters. The zero-order valence-electron chi connectivity index (χ0n) is 12.4. The van der Waals surface area contributed by atoms with Crippen LogP contribution < -0.4 is 5.32 Å². The van der Waals surface area contributed by atoms with Gasteiger partial charge in [0.1, 0.15) is 5.82 Å². The molecule has 0 saturated heterocycles. The van der Waals surface area contributed by atoms with Gasteiger partial charge < -0.3 is 5.32 Å². The van der Waals surface area contributed by atoms with Crippen molar-refractivity contribution in [3.05, 3.63) is 54.0 Å². The fraction of sp³-hybridized carbons (Fsp3) is 0.267. The minimum absolute atomic E-state index is 0.714. The fourth-order valence-electron chi connectivity index (χ4n) is 2.34. The van der Waals surface area contributed by atoms with E-state index >= 15 is 0 Å². The zero-order chi connectivity index (χ0) is 14.8.